The third-order valence-corrected chi connectivity index (χ3v) is 5.99. The Hall–Kier alpha value is -1.58. The van der Waals surface area contributed by atoms with E-state index in [1.165, 1.54) is 0 Å². The van der Waals surface area contributed by atoms with E-state index in [1.54, 1.807) is 0 Å². The molecule has 21 heavy (non-hydrogen) atoms. The van der Waals surface area contributed by atoms with Crippen LogP contribution in [0.25, 0.3) is 0 Å². The predicted octanol–water partition coefficient (Wildman–Crippen LogP) is 0.574. The first-order chi connectivity index (χ1) is 9.91. The summed E-state index contributed by atoms with van der Waals surface area (Å²) in [6.07, 6.45) is 0. The Bertz CT molecular complexity index is 682. The Kier molecular flexibility index (Phi) is 3.42. The van der Waals surface area contributed by atoms with E-state index >= 15 is 0 Å². The molecule has 3 rings (SSSR count). The molecule has 1 aromatic carbocycles. The summed E-state index contributed by atoms with van der Waals surface area (Å²) < 4.78 is 40.2. The van der Waals surface area contributed by atoms with E-state index in [9.17, 15) is 22.9 Å². The van der Waals surface area contributed by atoms with Crippen molar-refractivity contribution in [3.63, 3.8) is 0 Å². The first-order valence-corrected chi connectivity index (χ1v) is 7.99. The van der Waals surface area contributed by atoms with Crippen LogP contribution < -0.4 is 5.32 Å². The van der Waals surface area contributed by atoms with Crippen molar-refractivity contribution in [1.29, 1.82) is 0 Å². The van der Waals surface area contributed by atoms with Crippen LogP contribution in [0.2, 0.25) is 0 Å². The zero-order valence-corrected chi connectivity index (χ0v) is 11.8. The lowest BCUT2D eigenvalue weighted by Crippen LogP contribution is -2.32. The van der Waals surface area contributed by atoms with Gasteiger partial charge in [0.1, 0.15) is 5.82 Å². The molecule has 1 aromatic rings. The fourth-order valence-electron chi connectivity index (χ4n) is 3.03. The number of hydrogen-bond donors (Lipinski definition) is 1. The first-order valence-electron chi connectivity index (χ1n) is 6.55. The molecule has 2 aliphatic heterocycles. The van der Waals surface area contributed by atoms with E-state index in [2.05, 4.69) is 5.32 Å². The molecule has 2 atom stereocenters. The molecule has 0 aliphatic carbocycles. The van der Waals surface area contributed by atoms with Crippen molar-refractivity contribution in [3.05, 3.63) is 34.1 Å². The van der Waals surface area contributed by atoms with Gasteiger partial charge in [0, 0.05) is 19.2 Å². The molecule has 0 saturated carbocycles. The van der Waals surface area contributed by atoms with Gasteiger partial charge in [-0.3, -0.25) is 10.1 Å². The highest BCUT2D eigenvalue weighted by atomic mass is 32.2. The second-order valence-electron chi connectivity index (χ2n) is 5.35. The Morgan fingerprint density at radius 3 is 2.48 bits per heavy atom. The average Bonchev–Trinajstić information content (AvgIpc) is 2.98. The molecule has 114 valence electrons. The molecule has 2 fully saturated rings. The standard InChI is InChI=1S/C12H14FN3O4S/c13-10-2-1-3-11(16(17)18)12(10)21(19,20)15-6-8-4-14-5-9(8)7-15/h1-3,8-9,14H,4-7H2/t8-,9+. The van der Waals surface area contributed by atoms with E-state index in [0.29, 0.717) is 0 Å². The van der Waals surface area contributed by atoms with Crippen LogP contribution in [0.15, 0.2) is 23.1 Å². The molecule has 0 bridgehead atoms. The number of rotatable bonds is 3. The first kappa shape index (κ1) is 14.4. The number of nitro benzene ring substituents is 1. The minimum Gasteiger partial charge on any atom is -0.316 e. The van der Waals surface area contributed by atoms with Crippen molar-refractivity contribution in [2.24, 2.45) is 11.8 Å². The summed E-state index contributed by atoms with van der Waals surface area (Å²) in [5.41, 5.74) is -0.717. The van der Waals surface area contributed by atoms with Crippen molar-refractivity contribution in [2.75, 3.05) is 26.2 Å². The van der Waals surface area contributed by atoms with Crippen molar-refractivity contribution in [2.45, 2.75) is 4.90 Å². The van der Waals surface area contributed by atoms with Crippen molar-refractivity contribution < 1.29 is 17.7 Å². The van der Waals surface area contributed by atoms with Crippen molar-refractivity contribution in [1.82, 2.24) is 9.62 Å². The predicted molar refractivity (Wildman–Crippen MR) is 71.7 cm³/mol. The highest BCUT2D eigenvalue weighted by Gasteiger charge is 2.44. The Balaban J connectivity index is 2.02. The van der Waals surface area contributed by atoms with Crippen LogP contribution in [0.4, 0.5) is 10.1 Å². The largest absolute Gasteiger partial charge is 0.316 e. The smallest absolute Gasteiger partial charge is 0.292 e. The second-order valence-corrected chi connectivity index (χ2v) is 7.22. The summed E-state index contributed by atoms with van der Waals surface area (Å²) in [4.78, 5) is 9.28. The zero-order chi connectivity index (χ0) is 15.2. The number of nitrogens with zero attached hydrogens (tertiary/aromatic N) is 2. The van der Waals surface area contributed by atoms with E-state index in [-0.39, 0.29) is 24.9 Å². The molecule has 0 unspecified atom stereocenters. The van der Waals surface area contributed by atoms with Crippen molar-refractivity contribution in [3.8, 4) is 0 Å². The maximum atomic E-state index is 13.9. The molecule has 7 nitrogen and oxygen atoms in total. The van der Waals surface area contributed by atoms with Crippen LogP contribution in [0, 0.1) is 27.8 Å². The molecule has 9 heteroatoms. The SMILES string of the molecule is O=[N+]([O-])c1cccc(F)c1S(=O)(=O)N1C[C@H]2CNC[C@H]2C1. The third kappa shape index (κ3) is 2.30. The molecule has 0 aromatic heterocycles. The summed E-state index contributed by atoms with van der Waals surface area (Å²) in [6, 6.07) is 3.07. The van der Waals surface area contributed by atoms with Gasteiger partial charge in [-0.1, -0.05) is 6.07 Å². The van der Waals surface area contributed by atoms with Crippen molar-refractivity contribution >= 4 is 15.7 Å². The zero-order valence-electron chi connectivity index (χ0n) is 11.0. The summed E-state index contributed by atoms with van der Waals surface area (Å²) in [5.74, 6) is -0.712. The monoisotopic (exact) mass is 315 g/mol. The van der Waals surface area contributed by atoms with Crippen LogP contribution in [0.3, 0.4) is 0 Å². The molecular formula is C12H14FN3O4S. The van der Waals surface area contributed by atoms with Crippen LogP contribution in [-0.4, -0.2) is 43.8 Å². The number of fused-ring (bicyclic) bond motifs is 1. The lowest BCUT2D eigenvalue weighted by atomic mass is 10.0. The highest BCUT2D eigenvalue weighted by Crippen LogP contribution is 2.34. The fourth-order valence-corrected chi connectivity index (χ4v) is 4.79. The molecular weight excluding hydrogens is 301 g/mol. The van der Waals surface area contributed by atoms with E-state index < -0.39 is 31.3 Å². The van der Waals surface area contributed by atoms with Gasteiger partial charge in [0.25, 0.3) is 15.7 Å². The van der Waals surface area contributed by atoms with Gasteiger partial charge in [0.2, 0.25) is 0 Å². The summed E-state index contributed by atoms with van der Waals surface area (Å²) >= 11 is 0. The van der Waals surface area contributed by atoms with Gasteiger partial charge < -0.3 is 5.32 Å². The normalized spacial score (nSPS) is 26.0. The number of nitro groups is 1. The molecule has 2 saturated heterocycles. The Labute approximate surface area is 120 Å². The van der Waals surface area contributed by atoms with E-state index in [4.69, 9.17) is 0 Å². The highest BCUT2D eigenvalue weighted by molar-refractivity contribution is 7.89. The molecule has 0 spiro atoms. The number of halogens is 1. The van der Waals surface area contributed by atoms with Crippen LogP contribution >= 0.6 is 0 Å². The van der Waals surface area contributed by atoms with Crippen LogP contribution in [-0.2, 0) is 10.0 Å². The lowest BCUT2D eigenvalue weighted by Gasteiger charge is -2.17. The quantitative estimate of drug-likeness (QED) is 0.650. The van der Waals surface area contributed by atoms with E-state index in [0.717, 1.165) is 35.6 Å². The van der Waals surface area contributed by atoms with Gasteiger partial charge >= 0.3 is 0 Å². The number of sulfonamides is 1. The van der Waals surface area contributed by atoms with Crippen LogP contribution in [0.1, 0.15) is 0 Å². The van der Waals surface area contributed by atoms with Gasteiger partial charge in [-0.2, -0.15) is 4.31 Å². The molecule has 0 amide bonds. The van der Waals surface area contributed by atoms with Gasteiger partial charge in [0.15, 0.2) is 4.90 Å². The third-order valence-electron chi connectivity index (χ3n) is 4.10. The number of hydrogen-bond acceptors (Lipinski definition) is 5. The van der Waals surface area contributed by atoms with Gasteiger partial charge in [0.05, 0.1) is 4.92 Å². The number of benzene rings is 1. The van der Waals surface area contributed by atoms with Gasteiger partial charge in [-0.25, -0.2) is 12.8 Å². The minimum atomic E-state index is -4.20. The van der Waals surface area contributed by atoms with Gasteiger partial charge in [-0.15, -0.1) is 0 Å². The average molecular weight is 315 g/mol. The molecule has 1 N–H and O–H groups in total. The lowest BCUT2D eigenvalue weighted by molar-refractivity contribution is -0.388. The summed E-state index contributed by atoms with van der Waals surface area (Å²) in [7, 11) is -4.20. The maximum Gasteiger partial charge on any atom is 0.292 e. The minimum absolute atomic E-state index is 0.186. The maximum absolute atomic E-state index is 13.9. The Morgan fingerprint density at radius 2 is 1.90 bits per heavy atom. The summed E-state index contributed by atoms with van der Waals surface area (Å²) in [6.45, 7) is 1.98. The topological polar surface area (TPSA) is 92.5 Å². The second kappa shape index (κ2) is 5.00. The molecule has 2 aliphatic rings. The number of nitrogens with one attached hydrogen (secondary N) is 1. The fraction of sp³-hybridized carbons (Fsp3) is 0.500. The van der Waals surface area contributed by atoms with Crippen LogP contribution in [0.5, 0.6) is 0 Å². The summed E-state index contributed by atoms with van der Waals surface area (Å²) in [5, 5.41) is 14.2. The molecule has 0 radical (unpaired) electrons. The molecule has 2 heterocycles. The van der Waals surface area contributed by atoms with E-state index in [1.807, 2.05) is 0 Å². The van der Waals surface area contributed by atoms with Gasteiger partial charge in [-0.05, 0) is 31.0 Å². The Morgan fingerprint density at radius 1 is 1.29 bits per heavy atom.